The van der Waals surface area contributed by atoms with E-state index in [1.165, 1.54) is 0 Å². The molecule has 4 bridgehead atoms. The average molecular weight is 348 g/mol. The van der Waals surface area contributed by atoms with Crippen molar-refractivity contribution in [2.45, 2.75) is 70.2 Å². The number of aliphatic hydroxyl groups is 3. The molecule has 1 aliphatic heterocycles. The molecular weight excluding hydrogens is 316 g/mol. The molecule has 6 aliphatic rings. The number of aliphatic hydroxyl groups excluding tert-OH is 3. The molecule has 5 saturated carbocycles. The van der Waals surface area contributed by atoms with Gasteiger partial charge in [-0.05, 0) is 67.3 Å². The molecule has 0 aromatic heterocycles. The third kappa shape index (κ3) is 1.73. The molecule has 6 rings (SSSR count). The van der Waals surface area contributed by atoms with Crippen molar-refractivity contribution in [2.24, 2.45) is 34.0 Å². The van der Waals surface area contributed by atoms with Crippen LogP contribution >= 0.6 is 0 Å². The lowest BCUT2D eigenvalue weighted by molar-refractivity contribution is -0.321. The number of ether oxygens (including phenoxy) is 1. The van der Waals surface area contributed by atoms with E-state index in [-0.39, 0.29) is 29.5 Å². The van der Waals surface area contributed by atoms with Gasteiger partial charge in [0.1, 0.15) is 0 Å². The van der Waals surface area contributed by atoms with Crippen molar-refractivity contribution in [2.75, 3.05) is 13.2 Å². The summed E-state index contributed by atoms with van der Waals surface area (Å²) < 4.78 is 6.27. The highest BCUT2D eigenvalue weighted by Crippen LogP contribution is 2.74. The fourth-order valence-corrected chi connectivity index (χ4v) is 8.36. The quantitative estimate of drug-likeness (QED) is 0.636. The van der Waals surface area contributed by atoms with Crippen LogP contribution in [0.2, 0.25) is 0 Å². The maximum atomic E-state index is 11.3. The second kappa shape index (κ2) is 5.09. The maximum absolute atomic E-state index is 11.3. The molecule has 1 spiro atoms. The summed E-state index contributed by atoms with van der Waals surface area (Å²) >= 11 is 0. The van der Waals surface area contributed by atoms with E-state index in [9.17, 15) is 15.3 Å². The summed E-state index contributed by atoms with van der Waals surface area (Å²) in [4.78, 5) is 0. The minimum Gasteiger partial charge on any atom is -0.394 e. The highest BCUT2D eigenvalue weighted by Gasteiger charge is 2.73. The first-order chi connectivity index (χ1) is 11.9. The molecule has 3 N–H and O–H groups in total. The molecule has 0 aromatic rings. The van der Waals surface area contributed by atoms with E-state index in [0.29, 0.717) is 18.4 Å². The van der Waals surface area contributed by atoms with Gasteiger partial charge < -0.3 is 20.1 Å². The molecule has 0 amide bonds. The van der Waals surface area contributed by atoms with E-state index in [4.69, 9.17) is 4.74 Å². The van der Waals surface area contributed by atoms with Gasteiger partial charge in [-0.1, -0.05) is 19.9 Å². The normalized spacial score (nSPS) is 60.1. The van der Waals surface area contributed by atoms with E-state index < -0.39 is 17.6 Å². The fourth-order valence-electron chi connectivity index (χ4n) is 8.36. The van der Waals surface area contributed by atoms with Crippen LogP contribution in [0.1, 0.15) is 51.9 Å². The van der Waals surface area contributed by atoms with Crippen LogP contribution in [0.15, 0.2) is 12.2 Å². The van der Waals surface area contributed by atoms with E-state index >= 15 is 0 Å². The van der Waals surface area contributed by atoms with E-state index in [1.54, 1.807) is 0 Å². The van der Waals surface area contributed by atoms with Gasteiger partial charge in [0.05, 0.1) is 31.5 Å². The molecule has 1 saturated heterocycles. The molecule has 0 aromatic carbocycles. The molecule has 6 fully saturated rings. The van der Waals surface area contributed by atoms with Gasteiger partial charge >= 0.3 is 0 Å². The molecule has 25 heavy (non-hydrogen) atoms. The van der Waals surface area contributed by atoms with Crippen LogP contribution in [-0.4, -0.2) is 46.8 Å². The monoisotopic (exact) mass is 348 g/mol. The molecule has 4 nitrogen and oxygen atoms in total. The van der Waals surface area contributed by atoms with Gasteiger partial charge in [0.25, 0.3) is 0 Å². The topological polar surface area (TPSA) is 69.9 Å². The zero-order chi connectivity index (χ0) is 17.6. The van der Waals surface area contributed by atoms with Gasteiger partial charge in [0.15, 0.2) is 0 Å². The molecule has 0 radical (unpaired) electrons. The highest BCUT2D eigenvalue weighted by molar-refractivity contribution is 5.30. The van der Waals surface area contributed by atoms with Gasteiger partial charge in [-0.3, -0.25) is 0 Å². The second-order valence-electron chi connectivity index (χ2n) is 10.0. The molecule has 5 aliphatic carbocycles. The predicted molar refractivity (Wildman–Crippen MR) is 93.7 cm³/mol. The number of rotatable bonds is 1. The molecule has 1 heterocycles. The van der Waals surface area contributed by atoms with E-state index in [2.05, 4.69) is 13.5 Å². The number of hydrogen-bond acceptors (Lipinski definition) is 4. The lowest BCUT2D eigenvalue weighted by atomic mass is 9.33. The smallest absolute Gasteiger partial charge is 0.0867 e. The van der Waals surface area contributed by atoms with Gasteiger partial charge in [-0.2, -0.15) is 0 Å². The van der Waals surface area contributed by atoms with Crippen molar-refractivity contribution in [1.29, 1.82) is 0 Å². The molecule has 2 unspecified atom stereocenters. The predicted octanol–water partition coefficient (Wildman–Crippen LogP) is 2.27. The van der Waals surface area contributed by atoms with E-state index in [1.807, 2.05) is 0 Å². The van der Waals surface area contributed by atoms with Crippen molar-refractivity contribution in [3.05, 3.63) is 12.2 Å². The Morgan fingerprint density at radius 2 is 1.92 bits per heavy atom. The van der Waals surface area contributed by atoms with Crippen LogP contribution in [0, 0.1) is 34.0 Å². The Kier molecular flexibility index (Phi) is 3.41. The van der Waals surface area contributed by atoms with Crippen molar-refractivity contribution in [3.63, 3.8) is 0 Å². The first-order valence-corrected chi connectivity index (χ1v) is 10.2. The van der Waals surface area contributed by atoms with Crippen molar-refractivity contribution in [3.8, 4) is 0 Å². The Morgan fingerprint density at radius 3 is 2.68 bits per heavy atom. The minimum atomic E-state index is -0.607. The Labute approximate surface area is 150 Å². The van der Waals surface area contributed by atoms with Crippen molar-refractivity contribution < 1.29 is 20.1 Å². The van der Waals surface area contributed by atoms with E-state index in [0.717, 1.165) is 50.5 Å². The fraction of sp³-hybridized carbons (Fsp3) is 0.905. The Hall–Kier alpha value is -0.420. The zero-order valence-electron chi connectivity index (χ0n) is 15.3. The Bertz CT molecular complexity index is 605. The van der Waals surface area contributed by atoms with Crippen LogP contribution in [0.3, 0.4) is 0 Å². The third-order valence-electron chi connectivity index (χ3n) is 9.43. The van der Waals surface area contributed by atoms with Crippen molar-refractivity contribution >= 4 is 0 Å². The summed E-state index contributed by atoms with van der Waals surface area (Å²) in [5, 5.41) is 32.7. The average Bonchev–Trinajstić information content (AvgIpc) is 2.60. The Morgan fingerprint density at radius 1 is 1.12 bits per heavy atom. The highest BCUT2D eigenvalue weighted by atomic mass is 16.5. The molecular formula is C21H32O4. The summed E-state index contributed by atoms with van der Waals surface area (Å²) in [6.07, 6.45) is 5.78. The molecule has 9 atom stereocenters. The summed E-state index contributed by atoms with van der Waals surface area (Å²) in [7, 11) is 0. The van der Waals surface area contributed by atoms with Crippen LogP contribution in [0.5, 0.6) is 0 Å². The first-order valence-electron chi connectivity index (χ1n) is 10.2. The number of hydrogen-bond donors (Lipinski definition) is 3. The summed E-state index contributed by atoms with van der Waals surface area (Å²) in [6, 6.07) is 0. The molecule has 140 valence electrons. The molecule has 4 heteroatoms. The third-order valence-corrected chi connectivity index (χ3v) is 9.43. The van der Waals surface area contributed by atoms with Gasteiger partial charge in [0, 0.05) is 10.8 Å². The largest absolute Gasteiger partial charge is 0.394 e. The zero-order valence-corrected chi connectivity index (χ0v) is 15.3. The number of fused-ring (bicyclic) bond motifs is 2. The van der Waals surface area contributed by atoms with Gasteiger partial charge in [-0.25, -0.2) is 0 Å². The Balaban J connectivity index is 1.69. The van der Waals surface area contributed by atoms with Crippen LogP contribution in [-0.2, 0) is 4.74 Å². The first kappa shape index (κ1) is 16.7. The lowest BCUT2D eigenvalue weighted by Crippen LogP contribution is -2.74. The van der Waals surface area contributed by atoms with Crippen LogP contribution in [0.4, 0.5) is 0 Å². The van der Waals surface area contributed by atoms with Gasteiger partial charge in [0.2, 0.25) is 0 Å². The van der Waals surface area contributed by atoms with Crippen molar-refractivity contribution in [1.82, 2.24) is 0 Å². The lowest BCUT2D eigenvalue weighted by Gasteiger charge is -2.74. The minimum absolute atomic E-state index is 0.0525. The van der Waals surface area contributed by atoms with Gasteiger partial charge in [-0.15, -0.1) is 0 Å². The summed E-state index contributed by atoms with van der Waals surface area (Å²) in [6.45, 7) is 7.25. The second-order valence-corrected chi connectivity index (χ2v) is 10.0. The van der Waals surface area contributed by atoms with Crippen LogP contribution < -0.4 is 0 Å². The standard InChI is InChI=1S/C21H32O4/c1-12-13-4-7-21(18(12)24)15(8-13)20-6-3-5-19(2,11-25-17(20)10-22)14(20)9-16(21)23/h13-18,22-24H,1,3-11H2,2H3/t13-,14?,15?,16+,17-,18-,19-,20-,21+/m0/s1. The van der Waals surface area contributed by atoms with Crippen LogP contribution in [0.25, 0.3) is 0 Å². The maximum Gasteiger partial charge on any atom is 0.0867 e. The summed E-state index contributed by atoms with van der Waals surface area (Å²) in [5.74, 6) is 0.965. The summed E-state index contributed by atoms with van der Waals surface area (Å²) in [5.41, 5.74) is 0.451. The SMILES string of the molecule is C=C1[C@H]2CC[C@]3(C(C2)[C@@]24CCC[C@@](C)(CO[C@H]2CO)C4C[C@H]3O)[C@H]1O.